The third-order valence-electron chi connectivity index (χ3n) is 3.61. The summed E-state index contributed by atoms with van der Waals surface area (Å²) in [5, 5.41) is 8.45. The van der Waals surface area contributed by atoms with E-state index < -0.39 is 17.9 Å². The van der Waals surface area contributed by atoms with Crippen molar-refractivity contribution in [1.29, 1.82) is 0 Å². The highest BCUT2D eigenvalue weighted by molar-refractivity contribution is 5.88. The van der Waals surface area contributed by atoms with Gasteiger partial charge in [0, 0.05) is 11.9 Å². The molecule has 1 aromatic carbocycles. The number of benzene rings is 1. The molecule has 1 atom stereocenters. The molecular formula is C19H18FN5O. The van der Waals surface area contributed by atoms with Gasteiger partial charge < -0.3 is 10.6 Å². The van der Waals surface area contributed by atoms with Crippen molar-refractivity contribution in [2.75, 3.05) is 10.6 Å². The molecule has 2 amide bonds. The lowest BCUT2D eigenvalue weighted by molar-refractivity contribution is 0.249. The number of amides is 2. The zero-order valence-electron chi connectivity index (χ0n) is 14.1. The third-order valence-corrected chi connectivity index (χ3v) is 3.61. The van der Waals surface area contributed by atoms with Gasteiger partial charge in [0.25, 0.3) is 0 Å². The van der Waals surface area contributed by atoms with E-state index in [1.165, 1.54) is 18.3 Å². The number of nitrogens with zero attached hydrogens (tertiary/aromatic N) is 2. The van der Waals surface area contributed by atoms with E-state index in [1.807, 2.05) is 30.3 Å². The minimum absolute atomic E-state index is 0.179. The van der Waals surface area contributed by atoms with Gasteiger partial charge in [-0.2, -0.15) is 0 Å². The van der Waals surface area contributed by atoms with Gasteiger partial charge in [-0.25, -0.2) is 14.2 Å². The molecule has 0 unspecified atom stereocenters. The van der Waals surface area contributed by atoms with Gasteiger partial charge in [0.05, 0.1) is 23.6 Å². The van der Waals surface area contributed by atoms with Crippen LogP contribution in [0.4, 0.5) is 26.4 Å². The second-order valence-electron chi connectivity index (χ2n) is 5.61. The largest absolute Gasteiger partial charge is 0.354 e. The first-order valence-corrected chi connectivity index (χ1v) is 8.08. The van der Waals surface area contributed by atoms with Crippen LogP contribution < -0.4 is 16.0 Å². The van der Waals surface area contributed by atoms with Crippen LogP contribution in [-0.4, -0.2) is 16.0 Å². The number of urea groups is 1. The predicted molar refractivity (Wildman–Crippen MR) is 98.7 cm³/mol. The Bertz CT molecular complexity index is 871. The molecule has 0 aliphatic rings. The van der Waals surface area contributed by atoms with Gasteiger partial charge in [-0.15, -0.1) is 0 Å². The lowest BCUT2D eigenvalue weighted by atomic mass is 10.2. The molecule has 3 aromatic rings. The molecule has 0 saturated heterocycles. The molecule has 0 aliphatic heterocycles. The minimum Gasteiger partial charge on any atom is -0.354 e. The standard InChI is InChI=1S/C19H18FN5O/c1-13(18-16(20)8-5-11-21-18)23-19(26)25-17-10-9-15(12-22-17)24-14-6-3-2-4-7-14/h2-13,24H,1H3,(H2,22,23,25,26)/t13-/m0/s1. The normalized spacial score (nSPS) is 11.5. The Labute approximate surface area is 150 Å². The summed E-state index contributed by atoms with van der Waals surface area (Å²) in [6, 6.07) is 14.9. The average Bonchev–Trinajstić information content (AvgIpc) is 2.64. The summed E-state index contributed by atoms with van der Waals surface area (Å²) in [5.41, 5.74) is 1.92. The summed E-state index contributed by atoms with van der Waals surface area (Å²) in [6.07, 6.45) is 3.10. The maximum atomic E-state index is 13.7. The first kappa shape index (κ1) is 17.3. The van der Waals surface area contributed by atoms with Crippen molar-refractivity contribution < 1.29 is 9.18 Å². The van der Waals surface area contributed by atoms with Crippen LogP contribution in [0, 0.1) is 5.82 Å². The Kier molecular flexibility index (Phi) is 5.38. The van der Waals surface area contributed by atoms with Gasteiger partial charge in [-0.3, -0.25) is 10.3 Å². The maximum absolute atomic E-state index is 13.7. The molecule has 2 heterocycles. The lowest BCUT2D eigenvalue weighted by Gasteiger charge is -2.14. The number of halogens is 1. The van der Waals surface area contributed by atoms with Gasteiger partial charge in [0.1, 0.15) is 11.6 Å². The van der Waals surface area contributed by atoms with Crippen LogP contribution in [0.25, 0.3) is 0 Å². The molecule has 6 nitrogen and oxygen atoms in total. The molecule has 0 fully saturated rings. The van der Waals surface area contributed by atoms with Gasteiger partial charge in [0.2, 0.25) is 0 Å². The van der Waals surface area contributed by atoms with E-state index in [0.717, 1.165) is 11.4 Å². The number of rotatable bonds is 5. The van der Waals surface area contributed by atoms with Gasteiger partial charge >= 0.3 is 6.03 Å². The fourth-order valence-electron chi connectivity index (χ4n) is 2.36. The molecule has 2 aromatic heterocycles. The van der Waals surface area contributed by atoms with Crippen LogP contribution in [-0.2, 0) is 0 Å². The minimum atomic E-state index is -0.574. The highest BCUT2D eigenvalue weighted by atomic mass is 19.1. The average molecular weight is 351 g/mol. The molecule has 132 valence electrons. The topological polar surface area (TPSA) is 78.9 Å². The number of carbonyl (C=O) groups is 1. The summed E-state index contributed by atoms with van der Waals surface area (Å²) < 4.78 is 13.7. The third kappa shape index (κ3) is 4.54. The van der Waals surface area contributed by atoms with Crippen molar-refractivity contribution in [2.24, 2.45) is 0 Å². The van der Waals surface area contributed by atoms with Crippen molar-refractivity contribution in [3.05, 3.63) is 78.5 Å². The van der Waals surface area contributed by atoms with Crippen LogP contribution in [0.3, 0.4) is 0 Å². The SMILES string of the molecule is C[C@H](NC(=O)Nc1ccc(Nc2ccccc2)cn1)c1ncccc1F. The Balaban J connectivity index is 1.57. The smallest absolute Gasteiger partial charge is 0.320 e. The van der Waals surface area contributed by atoms with Gasteiger partial charge in [-0.05, 0) is 43.3 Å². The monoisotopic (exact) mass is 351 g/mol. The quantitative estimate of drug-likeness (QED) is 0.642. The Morgan fingerprint density at radius 3 is 2.50 bits per heavy atom. The van der Waals surface area contributed by atoms with E-state index in [-0.39, 0.29) is 5.69 Å². The number of anilines is 3. The highest BCUT2D eigenvalue weighted by Gasteiger charge is 2.14. The Morgan fingerprint density at radius 2 is 1.81 bits per heavy atom. The van der Waals surface area contributed by atoms with Gasteiger partial charge in [-0.1, -0.05) is 18.2 Å². The Hall–Kier alpha value is -3.48. The summed E-state index contributed by atoms with van der Waals surface area (Å²) >= 11 is 0. The van der Waals surface area contributed by atoms with E-state index in [1.54, 1.807) is 25.3 Å². The lowest BCUT2D eigenvalue weighted by Crippen LogP contribution is -2.32. The van der Waals surface area contributed by atoms with Gasteiger partial charge in [0.15, 0.2) is 0 Å². The van der Waals surface area contributed by atoms with Crippen molar-refractivity contribution >= 4 is 23.2 Å². The zero-order valence-corrected chi connectivity index (χ0v) is 14.1. The van der Waals surface area contributed by atoms with Crippen LogP contribution >= 0.6 is 0 Å². The Morgan fingerprint density at radius 1 is 1.00 bits per heavy atom. The molecule has 26 heavy (non-hydrogen) atoms. The first-order valence-electron chi connectivity index (χ1n) is 8.08. The maximum Gasteiger partial charge on any atom is 0.320 e. The highest BCUT2D eigenvalue weighted by Crippen LogP contribution is 2.17. The molecule has 7 heteroatoms. The fraction of sp³-hybridized carbons (Fsp3) is 0.105. The molecule has 0 radical (unpaired) electrons. The summed E-state index contributed by atoms with van der Waals surface area (Å²) in [6.45, 7) is 1.66. The number of para-hydroxylation sites is 1. The summed E-state index contributed by atoms with van der Waals surface area (Å²) in [5.74, 6) is -0.0791. The van der Waals surface area contributed by atoms with E-state index in [0.29, 0.717) is 5.82 Å². The molecule has 0 saturated carbocycles. The molecule has 3 rings (SSSR count). The van der Waals surface area contributed by atoms with E-state index in [4.69, 9.17) is 0 Å². The zero-order chi connectivity index (χ0) is 18.4. The number of hydrogen-bond acceptors (Lipinski definition) is 4. The van der Waals surface area contributed by atoms with Crippen molar-refractivity contribution in [2.45, 2.75) is 13.0 Å². The molecular weight excluding hydrogens is 333 g/mol. The number of nitrogens with one attached hydrogen (secondary N) is 3. The predicted octanol–water partition coefficient (Wildman–Crippen LogP) is 4.24. The molecule has 0 bridgehead atoms. The second-order valence-corrected chi connectivity index (χ2v) is 5.61. The number of carbonyl (C=O) groups excluding carboxylic acids is 1. The number of pyridine rings is 2. The van der Waals surface area contributed by atoms with Crippen LogP contribution in [0.5, 0.6) is 0 Å². The first-order chi connectivity index (χ1) is 12.6. The van der Waals surface area contributed by atoms with Crippen molar-refractivity contribution in [1.82, 2.24) is 15.3 Å². The molecule has 0 aliphatic carbocycles. The van der Waals surface area contributed by atoms with Crippen LogP contribution in [0.2, 0.25) is 0 Å². The van der Waals surface area contributed by atoms with E-state index >= 15 is 0 Å². The fourth-order valence-corrected chi connectivity index (χ4v) is 2.36. The summed E-state index contributed by atoms with van der Waals surface area (Å²) in [7, 11) is 0. The van der Waals surface area contributed by atoms with Crippen LogP contribution in [0.1, 0.15) is 18.7 Å². The van der Waals surface area contributed by atoms with Crippen molar-refractivity contribution in [3.8, 4) is 0 Å². The summed E-state index contributed by atoms with van der Waals surface area (Å²) in [4.78, 5) is 20.2. The second kappa shape index (κ2) is 8.06. The van der Waals surface area contributed by atoms with Crippen molar-refractivity contribution in [3.63, 3.8) is 0 Å². The molecule has 3 N–H and O–H groups in total. The molecule has 0 spiro atoms. The van der Waals surface area contributed by atoms with Crippen LogP contribution in [0.15, 0.2) is 67.0 Å². The number of aromatic nitrogens is 2. The van der Waals surface area contributed by atoms with E-state index in [9.17, 15) is 9.18 Å². The number of hydrogen-bond donors (Lipinski definition) is 3. The van der Waals surface area contributed by atoms with E-state index in [2.05, 4.69) is 25.9 Å².